The molecule has 0 aromatic carbocycles. The predicted octanol–water partition coefficient (Wildman–Crippen LogP) is 1.16. The van der Waals surface area contributed by atoms with Gasteiger partial charge in [-0.2, -0.15) is 5.10 Å². The van der Waals surface area contributed by atoms with Gasteiger partial charge in [0.05, 0.1) is 19.4 Å². The molecule has 146 valence electrons. The van der Waals surface area contributed by atoms with Gasteiger partial charge in [-0.3, -0.25) is 14.6 Å². The van der Waals surface area contributed by atoms with E-state index in [4.69, 9.17) is 4.74 Å². The van der Waals surface area contributed by atoms with Gasteiger partial charge < -0.3 is 15.4 Å². The number of nitrogens with one attached hydrogen (secondary N) is 2. The largest absolute Gasteiger partial charge is 0.379 e. The Morgan fingerprint density at radius 2 is 2.00 bits per heavy atom. The van der Waals surface area contributed by atoms with Gasteiger partial charge in [0.1, 0.15) is 0 Å². The van der Waals surface area contributed by atoms with Crippen LogP contribution >= 0.6 is 0 Å². The van der Waals surface area contributed by atoms with Crippen molar-refractivity contribution in [1.29, 1.82) is 0 Å². The highest BCUT2D eigenvalue weighted by atomic mass is 16.5. The molecule has 0 unspecified atom stereocenters. The SMILES string of the molecule is CN=C(NCCc1cnn(C)c1)NCC1(N2CCOCC2)CCCCC1. The summed E-state index contributed by atoms with van der Waals surface area (Å²) in [6, 6.07) is 0. The van der Waals surface area contributed by atoms with Gasteiger partial charge in [0.25, 0.3) is 0 Å². The van der Waals surface area contributed by atoms with Crippen molar-refractivity contribution < 1.29 is 4.74 Å². The number of ether oxygens (including phenoxy) is 1. The summed E-state index contributed by atoms with van der Waals surface area (Å²) in [5.41, 5.74) is 1.50. The summed E-state index contributed by atoms with van der Waals surface area (Å²) in [7, 11) is 3.80. The second-order valence-electron chi connectivity index (χ2n) is 7.51. The van der Waals surface area contributed by atoms with Crippen LogP contribution in [0.3, 0.4) is 0 Å². The first-order valence-electron chi connectivity index (χ1n) is 9.97. The molecule has 0 atom stereocenters. The summed E-state index contributed by atoms with van der Waals surface area (Å²) in [6.07, 6.45) is 11.5. The van der Waals surface area contributed by atoms with Gasteiger partial charge in [-0.1, -0.05) is 19.3 Å². The van der Waals surface area contributed by atoms with Crippen LogP contribution < -0.4 is 10.6 Å². The van der Waals surface area contributed by atoms with Crippen molar-refractivity contribution in [3.63, 3.8) is 0 Å². The van der Waals surface area contributed by atoms with Crippen molar-refractivity contribution in [2.45, 2.75) is 44.1 Å². The number of aryl methyl sites for hydroxylation is 1. The van der Waals surface area contributed by atoms with Crippen LogP contribution in [0.1, 0.15) is 37.7 Å². The van der Waals surface area contributed by atoms with E-state index in [2.05, 4.69) is 31.8 Å². The van der Waals surface area contributed by atoms with Gasteiger partial charge in [0, 0.05) is 52.0 Å². The first-order chi connectivity index (χ1) is 12.7. The summed E-state index contributed by atoms with van der Waals surface area (Å²) < 4.78 is 7.42. The molecule has 1 aromatic heterocycles. The van der Waals surface area contributed by atoms with Gasteiger partial charge in [0.15, 0.2) is 5.96 Å². The van der Waals surface area contributed by atoms with Crippen LogP contribution in [-0.2, 0) is 18.2 Å². The highest BCUT2D eigenvalue weighted by Crippen LogP contribution is 2.33. The first kappa shape index (κ1) is 19.2. The van der Waals surface area contributed by atoms with Crippen molar-refractivity contribution in [3.05, 3.63) is 18.0 Å². The molecular weight excluding hydrogens is 328 g/mol. The molecule has 1 saturated heterocycles. The van der Waals surface area contributed by atoms with Crippen molar-refractivity contribution in [2.24, 2.45) is 12.0 Å². The standard InChI is InChI=1S/C19H34N6O/c1-20-18(21-9-6-17-14-23-24(2)15-17)22-16-19(7-4-3-5-8-19)25-10-12-26-13-11-25/h14-15H,3-13,16H2,1-2H3,(H2,20,21,22). The number of aromatic nitrogens is 2. The van der Waals surface area contributed by atoms with Crippen LogP contribution in [0.25, 0.3) is 0 Å². The first-order valence-corrected chi connectivity index (χ1v) is 9.97. The molecule has 2 fully saturated rings. The van der Waals surface area contributed by atoms with Crippen molar-refractivity contribution >= 4 is 5.96 Å². The van der Waals surface area contributed by atoms with Crippen LogP contribution in [0, 0.1) is 0 Å². The van der Waals surface area contributed by atoms with Crippen molar-refractivity contribution in [1.82, 2.24) is 25.3 Å². The molecule has 2 heterocycles. The molecule has 0 bridgehead atoms. The van der Waals surface area contributed by atoms with Crippen LogP contribution in [0.2, 0.25) is 0 Å². The average Bonchev–Trinajstić information content (AvgIpc) is 3.11. The second kappa shape index (κ2) is 9.37. The lowest BCUT2D eigenvalue weighted by Crippen LogP contribution is -2.60. The molecular formula is C19H34N6O. The van der Waals surface area contributed by atoms with E-state index in [-0.39, 0.29) is 5.54 Å². The van der Waals surface area contributed by atoms with Crippen molar-refractivity contribution in [2.75, 3.05) is 46.4 Å². The minimum Gasteiger partial charge on any atom is -0.379 e. The lowest BCUT2D eigenvalue weighted by atomic mass is 9.80. The van der Waals surface area contributed by atoms with E-state index in [0.717, 1.165) is 51.8 Å². The Kier molecular flexibility index (Phi) is 6.91. The molecule has 2 N–H and O–H groups in total. The molecule has 1 aromatic rings. The van der Waals surface area contributed by atoms with Gasteiger partial charge in [0.2, 0.25) is 0 Å². The Labute approximate surface area is 157 Å². The highest BCUT2D eigenvalue weighted by molar-refractivity contribution is 5.79. The van der Waals surface area contributed by atoms with Gasteiger partial charge in [-0.05, 0) is 24.8 Å². The molecule has 26 heavy (non-hydrogen) atoms. The van der Waals surface area contributed by atoms with E-state index < -0.39 is 0 Å². The lowest BCUT2D eigenvalue weighted by molar-refractivity contribution is -0.0352. The fourth-order valence-corrected chi connectivity index (χ4v) is 4.25. The molecule has 1 aliphatic carbocycles. The van der Waals surface area contributed by atoms with Crippen LogP contribution in [0.4, 0.5) is 0 Å². The number of rotatable bonds is 6. The Hall–Kier alpha value is -1.60. The van der Waals surface area contributed by atoms with Crippen molar-refractivity contribution in [3.8, 4) is 0 Å². The minimum absolute atomic E-state index is 0.253. The topological polar surface area (TPSA) is 66.7 Å². The molecule has 0 spiro atoms. The predicted molar refractivity (Wildman–Crippen MR) is 104 cm³/mol. The fraction of sp³-hybridized carbons (Fsp3) is 0.789. The number of aliphatic imine (C=N–C) groups is 1. The molecule has 0 radical (unpaired) electrons. The van der Waals surface area contributed by atoms with E-state index >= 15 is 0 Å². The van der Waals surface area contributed by atoms with Gasteiger partial charge in [-0.15, -0.1) is 0 Å². The minimum atomic E-state index is 0.253. The van der Waals surface area contributed by atoms with Gasteiger partial charge in [-0.25, -0.2) is 0 Å². The third-order valence-electron chi connectivity index (χ3n) is 5.74. The lowest BCUT2D eigenvalue weighted by Gasteiger charge is -2.48. The smallest absolute Gasteiger partial charge is 0.191 e. The van der Waals surface area contributed by atoms with E-state index in [9.17, 15) is 0 Å². The summed E-state index contributed by atoms with van der Waals surface area (Å²) in [5, 5.41) is 11.3. The Morgan fingerprint density at radius 1 is 1.23 bits per heavy atom. The Bertz CT molecular complexity index is 572. The normalized spacial score (nSPS) is 21.5. The zero-order valence-electron chi connectivity index (χ0n) is 16.3. The van der Waals surface area contributed by atoms with E-state index in [1.54, 1.807) is 0 Å². The maximum Gasteiger partial charge on any atom is 0.191 e. The Morgan fingerprint density at radius 3 is 2.65 bits per heavy atom. The summed E-state index contributed by atoms with van der Waals surface area (Å²) in [6.45, 7) is 5.64. The number of morpholine rings is 1. The van der Waals surface area contributed by atoms with E-state index in [0.29, 0.717) is 0 Å². The summed E-state index contributed by atoms with van der Waals surface area (Å²) in [5.74, 6) is 0.895. The fourth-order valence-electron chi connectivity index (χ4n) is 4.25. The quantitative estimate of drug-likeness (QED) is 0.587. The third kappa shape index (κ3) is 4.98. The molecule has 1 aliphatic heterocycles. The summed E-state index contributed by atoms with van der Waals surface area (Å²) in [4.78, 5) is 7.07. The molecule has 2 aliphatic rings. The van der Waals surface area contributed by atoms with E-state index in [1.807, 2.05) is 25.0 Å². The second-order valence-corrected chi connectivity index (χ2v) is 7.51. The number of guanidine groups is 1. The monoisotopic (exact) mass is 362 g/mol. The molecule has 7 nitrogen and oxygen atoms in total. The zero-order valence-corrected chi connectivity index (χ0v) is 16.3. The zero-order chi connectivity index (χ0) is 18.2. The van der Waals surface area contributed by atoms with Crippen LogP contribution in [0.15, 0.2) is 17.4 Å². The number of nitrogens with zero attached hydrogens (tertiary/aromatic N) is 4. The Balaban J connectivity index is 1.51. The molecule has 3 rings (SSSR count). The maximum atomic E-state index is 5.57. The third-order valence-corrected chi connectivity index (χ3v) is 5.74. The highest BCUT2D eigenvalue weighted by Gasteiger charge is 2.38. The van der Waals surface area contributed by atoms with Gasteiger partial charge >= 0.3 is 0 Å². The number of hydrogen-bond acceptors (Lipinski definition) is 4. The number of hydrogen-bond donors (Lipinski definition) is 2. The molecule has 0 amide bonds. The van der Waals surface area contributed by atoms with E-state index in [1.165, 1.54) is 37.7 Å². The average molecular weight is 363 g/mol. The summed E-state index contributed by atoms with van der Waals surface area (Å²) >= 11 is 0. The molecule has 1 saturated carbocycles. The van der Waals surface area contributed by atoms with Crippen LogP contribution in [-0.4, -0.2) is 72.6 Å². The molecule has 7 heteroatoms. The maximum absolute atomic E-state index is 5.57. The van der Waals surface area contributed by atoms with Crippen LogP contribution in [0.5, 0.6) is 0 Å².